The van der Waals surface area contributed by atoms with Crippen LogP contribution in [0.25, 0.3) is 0 Å². The van der Waals surface area contributed by atoms with Crippen molar-refractivity contribution in [1.82, 2.24) is 9.79 Å². The van der Waals surface area contributed by atoms with E-state index in [2.05, 4.69) is 4.72 Å². The second-order valence-electron chi connectivity index (χ2n) is 6.47. The standard InChI is InChI=1S/C18H21N3O5S/c1-13(14-7-4-3-5-8-14)19-27(24,25)17-12-26-20(2)18(17)15-9-6-10-16(11-15)21(22)23/h3-11,13,17-19H,12H2,1-2H3/t13-,17-,18-/m0/s1. The van der Waals surface area contributed by atoms with E-state index < -0.39 is 32.3 Å². The molecule has 144 valence electrons. The first kappa shape index (κ1) is 19.4. The Bertz CT molecular complexity index is 920. The lowest BCUT2D eigenvalue weighted by atomic mass is 10.0. The van der Waals surface area contributed by atoms with Gasteiger partial charge in [0.1, 0.15) is 5.25 Å². The van der Waals surface area contributed by atoms with E-state index in [9.17, 15) is 18.5 Å². The number of nitro benzene ring substituents is 1. The Morgan fingerprint density at radius 3 is 2.59 bits per heavy atom. The first-order chi connectivity index (χ1) is 12.8. The third kappa shape index (κ3) is 4.16. The smallest absolute Gasteiger partial charge is 0.269 e. The lowest BCUT2D eigenvalue weighted by Gasteiger charge is -2.24. The summed E-state index contributed by atoms with van der Waals surface area (Å²) in [5.74, 6) is 0. The van der Waals surface area contributed by atoms with Gasteiger partial charge in [0.05, 0.1) is 17.6 Å². The SMILES string of the molecule is C[C@H](NS(=O)(=O)[C@H]1CON(C)[C@H]1c1cccc([N+](=O)[O-])c1)c1ccccc1. The fraction of sp³-hybridized carbons (Fsp3) is 0.333. The van der Waals surface area contributed by atoms with Crippen molar-refractivity contribution in [2.45, 2.75) is 24.3 Å². The van der Waals surface area contributed by atoms with E-state index in [1.807, 2.05) is 30.3 Å². The van der Waals surface area contributed by atoms with Gasteiger partial charge in [-0.1, -0.05) is 42.5 Å². The van der Waals surface area contributed by atoms with Crippen LogP contribution in [0.2, 0.25) is 0 Å². The molecule has 2 aromatic rings. The Labute approximate surface area is 157 Å². The van der Waals surface area contributed by atoms with Gasteiger partial charge in [0.25, 0.3) is 5.69 Å². The van der Waals surface area contributed by atoms with Crippen LogP contribution in [0, 0.1) is 10.1 Å². The third-order valence-corrected chi connectivity index (χ3v) is 6.52. The van der Waals surface area contributed by atoms with Crippen LogP contribution in [-0.4, -0.2) is 37.3 Å². The molecule has 1 N–H and O–H groups in total. The Morgan fingerprint density at radius 2 is 1.93 bits per heavy atom. The Morgan fingerprint density at radius 1 is 1.22 bits per heavy atom. The number of non-ortho nitro benzene ring substituents is 1. The third-order valence-electron chi connectivity index (χ3n) is 4.65. The van der Waals surface area contributed by atoms with Gasteiger partial charge in [0.15, 0.2) is 0 Å². The molecule has 27 heavy (non-hydrogen) atoms. The summed E-state index contributed by atoms with van der Waals surface area (Å²) in [6.07, 6.45) is 0. The lowest BCUT2D eigenvalue weighted by Crippen LogP contribution is -2.40. The fourth-order valence-electron chi connectivity index (χ4n) is 3.25. The second kappa shape index (κ2) is 7.73. The number of nitro groups is 1. The molecular formula is C18H21N3O5S. The predicted octanol–water partition coefficient (Wildman–Crippen LogP) is 2.56. The molecule has 1 aliphatic rings. The zero-order chi connectivity index (χ0) is 19.6. The summed E-state index contributed by atoms with van der Waals surface area (Å²) in [5, 5.41) is 11.6. The molecule has 0 spiro atoms. The number of sulfonamides is 1. The molecule has 0 radical (unpaired) electrons. The summed E-state index contributed by atoms with van der Waals surface area (Å²) in [4.78, 5) is 16.0. The summed E-state index contributed by atoms with van der Waals surface area (Å²) in [7, 11) is -2.13. The molecular weight excluding hydrogens is 370 g/mol. The van der Waals surface area contributed by atoms with E-state index in [-0.39, 0.29) is 12.3 Å². The molecule has 1 aliphatic heterocycles. The first-order valence-corrected chi connectivity index (χ1v) is 10.0. The minimum absolute atomic E-state index is 0.0271. The topological polar surface area (TPSA) is 102 Å². The van der Waals surface area contributed by atoms with Crippen molar-refractivity contribution in [2.24, 2.45) is 0 Å². The molecule has 0 saturated carbocycles. The molecule has 8 nitrogen and oxygen atoms in total. The molecule has 1 saturated heterocycles. The molecule has 1 fully saturated rings. The van der Waals surface area contributed by atoms with Crippen LogP contribution in [0.1, 0.15) is 30.1 Å². The van der Waals surface area contributed by atoms with Crippen LogP contribution in [0.3, 0.4) is 0 Å². The maximum absolute atomic E-state index is 13.0. The minimum Gasteiger partial charge on any atom is -0.297 e. The van der Waals surface area contributed by atoms with Gasteiger partial charge in [-0.15, -0.1) is 0 Å². The number of nitrogens with zero attached hydrogens (tertiary/aromatic N) is 2. The van der Waals surface area contributed by atoms with Crippen LogP contribution in [0.5, 0.6) is 0 Å². The number of hydrogen-bond donors (Lipinski definition) is 1. The van der Waals surface area contributed by atoms with E-state index >= 15 is 0 Å². The molecule has 0 amide bonds. The fourth-order valence-corrected chi connectivity index (χ4v) is 4.96. The van der Waals surface area contributed by atoms with Crippen molar-refractivity contribution < 1.29 is 18.2 Å². The van der Waals surface area contributed by atoms with Crippen molar-refractivity contribution in [2.75, 3.05) is 13.7 Å². The van der Waals surface area contributed by atoms with Gasteiger partial charge in [-0.3, -0.25) is 15.0 Å². The number of hydrogen-bond acceptors (Lipinski definition) is 6. The van der Waals surface area contributed by atoms with Gasteiger partial charge in [-0.2, -0.15) is 5.06 Å². The normalized spacial score (nSPS) is 21.9. The number of hydroxylamine groups is 2. The molecule has 3 rings (SSSR count). The average Bonchev–Trinajstić information content (AvgIpc) is 3.04. The van der Waals surface area contributed by atoms with Gasteiger partial charge in [0.2, 0.25) is 10.0 Å². The number of benzene rings is 2. The van der Waals surface area contributed by atoms with Crippen LogP contribution in [-0.2, 0) is 14.9 Å². The highest BCUT2D eigenvalue weighted by Gasteiger charge is 2.44. The van der Waals surface area contributed by atoms with Crippen LogP contribution in [0.15, 0.2) is 54.6 Å². The monoisotopic (exact) mass is 391 g/mol. The van der Waals surface area contributed by atoms with Crippen LogP contribution >= 0.6 is 0 Å². The quantitative estimate of drug-likeness (QED) is 0.600. The van der Waals surface area contributed by atoms with Gasteiger partial charge < -0.3 is 0 Å². The van der Waals surface area contributed by atoms with Gasteiger partial charge in [-0.05, 0) is 18.1 Å². The molecule has 3 atom stereocenters. The highest BCUT2D eigenvalue weighted by Crippen LogP contribution is 2.35. The Hall–Kier alpha value is -2.33. The number of rotatable bonds is 6. The maximum atomic E-state index is 13.0. The van der Waals surface area contributed by atoms with Gasteiger partial charge >= 0.3 is 0 Å². The summed E-state index contributed by atoms with van der Waals surface area (Å²) in [6.45, 7) is 1.75. The van der Waals surface area contributed by atoms with Crippen LogP contribution in [0.4, 0.5) is 5.69 Å². The second-order valence-corrected chi connectivity index (χ2v) is 8.40. The summed E-state index contributed by atoms with van der Waals surface area (Å²) < 4.78 is 28.7. The zero-order valence-electron chi connectivity index (χ0n) is 15.0. The van der Waals surface area contributed by atoms with Crippen molar-refractivity contribution in [3.63, 3.8) is 0 Å². The van der Waals surface area contributed by atoms with Crippen molar-refractivity contribution >= 4 is 15.7 Å². The highest BCUT2D eigenvalue weighted by atomic mass is 32.2. The Balaban J connectivity index is 1.87. The lowest BCUT2D eigenvalue weighted by molar-refractivity contribution is -0.385. The van der Waals surface area contributed by atoms with E-state index in [0.29, 0.717) is 5.56 Å². The van der Waals surface area contributed by atoms with E-state index in [1.54, 1.807) is 26.1 Å². The summed E-state index contributed by atoms with van der Waals surface area (Å²) in [5.41, 5.74) is 1.28. The van der Waals surface area contributed by atoms with Crippen molar-refractivity contribution in [3.05, 3.63) is 75.8 Å². The summed E-state index contributed by atoms with van der Waals surface area (Å²) >= 11 is 0. The molecule has 2 aromatic carbocycles. The van der Waals surface area contributed by atoms with Crippen molar-refractivity contribution in [1.29, 1.82) is 0 Å². The Kier molecular flexibility index (Phi) is 5.56. The predicted molar refractivity (Wildman–Crippen MR) is 100 cm³/mol. The average molecular weight is 391 g/mol. The van der Waals surface area contributed by atoms with Gasteiger partial charge in [0, 0.05) is 25.2 Å². The van der Waals surface area contributed by atoms with Crippen LogP contribution < -0.4 is 4.72 Å². The molecule has 9 heteroatoms. The van der Waals surface area contributed by atoms with E-state index in [1.165, 1.54) is 17.2 Å². The van der Waals surface area contributed by atoms with E-state index in [0.717, 1.165) is 5.56 Å². The molecule has 0 aromatic heterocycles. The largest absolute Gasteiger partial charge is 0.297 e. The molecule has 1 heterocycles. The van der Waals surface area contributed by atoms with Gasteiger partial charge in [-0.25, -0.2) is 13.1 Å². The highest BCUT2D eigenvalue weighted by molar-refractivity contribution is 7.90. The molecule has 0 aliphatic carbocycles. The molecule has 0 unspecified atom stereocenters. The minimum atomic E-state index is -3.76. The maximum Gasteiger partial charge on any atom is 0.269 e. The summed E-state index contributed by atoms with van der Waals surface area (Å²) in [6, 6.07) is 14.2. The van der Waals surface area contributed by atoms with E-state index in [4.69, 9.17) is 4.84 Å². The van der Waals surface area contributed by atoms with Crippen molar-refractivity contribution in [3.8, 4) is 0 Å². The number of nitrogens with one attached hydrogen (secondary N) is 1. The molecule has 0 bridgehead atoms. The zero-order valence-corrected chi connectivity index (χ0v) is 15.8. The first-order valence-electron chi connectivity index (χ1n) is 8.46.